The second kappa shape index (κ2) is 5.84. The molecule has 124 valence electrons. The van der Waals surface area contributed by atoms with E-state index >= 15 is 0 Å². The molecule has 4 N–H and O–H groups in total. The summed E-state index contributed by atoms with van der Waals surface area (Å²) < 4.78 is 2.66. The summed E-state index contributed by atoms with van der Waals surface area (Å²) >= 11 is 3.49. The Morgan fingerprint density at radius 3 is 2.62 bits per heavy atom. The summed E-state index contributed by atoms with van der Waals surface area (Å²) in [6.45, 7) is 0. The summed E-state index contributed by atoms with van der Waals surface area (Å²) in [4.78, 5) is 8.33. The van der Waals surface area contributed by atoms with Crippen molar-refractivity contribution in [1.29, 1.82) is 0 Å². The van der Waals surface area contributed by atoms with Crippen molar-refractivity contribution in [2.45, 2.75) is 30.6 Å². The van der Waals surface area contributed by atoms with E-state index in [-0.39, 0.29) is 12.0 Å². The number of benzene rings is 1. The summed E-state index contributed by atoms with van der Waals surface area (Å²) in [5.41, 5.74) is 7.62. The minimum absolute atomic E-state index is 0.124. The second-order valence-corrected chi connectivity index (χ2v) is 7.00. The van der Waals surface area contributed by atoms with Crippen molar-refractivity contribution in [3.8, 4) is 0 Å². The zero-order chi connectivity index (χ0) is 16.8. The highest BCUT2D eigenvalue weighted by Gasteiger charge is 2.43. The quantitative estimate of drug-likeness (QED) is 0.625. The van der Waals surface area contributed by atoms with Crippen LogP contribution in [0.25, 0.3) is 11.0 Å². The number of nitrogen functional groups attached to an aromatic ring is 1. The van der Waals surface area contributed by atoms with E-state index in [0.29, 0.717) is 17.9 Å². The topological polar surface area (TPSA) is 97.2 Å². The van der Waals surface area contributed by atoms with E-state index in [1.807, 2.05) is 41.1 Å². The lowest BCUT2D eigenvalue weighted by atomic mass is 9.95. The zero-order valence-corrected chi connectivity index (χ0v) is 14.3. The summed E-state index contributed by atoms with van der Waals surface area (Å²) in [5, 5.41) is 21.9. The van der Waals surface area contributed by atoms with Gasteiger partial charge in [0.05, 0.1) is 17.5 Å². The maximum absolute atomic E-state index is 10.6. The summed E-state index contributed by atoms with van der Waals surface area (Å²) in [6, 6.07) is 9.50. The molecule has 0 spiro atoms. The third-order valence-electron chi connectivity index (χ3n) is 4.83. The lowest BCUT2D eigenvalue weighted by molar-refractivity contribution is 0.0179. The van der Waals surface area contributed by atoms with E-state index in [0.717, 1.165) is 15.4 Å². The highest BCUT2D eigenvalue weighted by Crippen LogP contribution is 2.43. The van der Waals surface area contributed by atoms with Crippen molar-refractivity contribution >= 4 is 32.8 Å². The number of nitrogens with two attached hydrogens (primary N) is 1. The van der Waals surface area contributed by atoms with Gasteiger partial charge in [-0.05, 0) is 27.9 Å². The van der Waals surface area contributed by atoms with Gasteiger partial charge in [0.15, 0.2) is 0 Å². The van der Waals surface area contributed by atoms with Gasteiger partial charge in [-0.2, -0.15) is 0 Å². The Bertz CT molecular complexity index is 883. The average molecular weight is 389 g/mol. The van der Waals surface area contributed by atoms with Gasteiger partial charge in [0.25, 0.3) is 0 Å². The molecule has 0 saturated heterocycles. The SMILES string of the molecule is Nc1ncnc2c1c(Br)cn2[C@@H]1C[C@H](c2ccccc2)[C@@H](O)[C@H]1O. The Morgan fingerprint density at radius 2 is 1.88 bits per heavy atom. The Hall–Kier alpha value is -1.96. The molecule has 4 atom stereocenters. The van der Waals surface area contributed by atoms with Gasteiger partial charge in [0, 0.05) is 16.6 Å². The van der Waals surface area contributed by atoms with Gasteiger partial charge in [0.2, 0.25) is 0 Å². The Balaban J connectivity index is 1.77. The number of fused-ring (bicyclic) bond motifs is 1. The molecular weight excluding hydrogens is 372 g/mol. The third kappa shape index (κ3) is 2.31. The third-order valence-corrected chi connectivity index (χ3v) is 5.43. The van der Waals surface area contributed by atoms with Crippen LogP contribution in [0.1, 0.15) is 23.9 Å². The van der Waals surface area contributed by atoms with Crippen LogP contribution in [-0.4, -0.2) is 37.0 Å². The molecule has 2 aromatic heterocycles. The van der Waals surface area contributed by atoms with Gasteiger partial charge in [-0.15, -0.1) is 0 Å². The number of aliphatic hydroxyl groups is 2. The van der Waals surface area contributed by atoms with Crippen molar-refractivity contribution in [3.63, 3.8) is 0 Å². The van der Waals surface area contributed by atoms with Crippen molar-refractivity contribution in [2.24, 2.45) is 0 Å². The number of nitrogens with zero attached hydrogens (tertiary/aromatic N) is 3. The second-order valence-electron chi connectivity index (χ2n) is 6.14. The van der Waals surface area contributed by atoms with Gasteiger partial charge in [-0.1, -0.05) is 30.3 Å². The van der Waals surface area contributed by atoms with Crippen molar-refractivity contribution in [1.82, 2.24) is 14.5 Å². The molecule has 1 aromatic carbocycles. The lowest BCUT2D eigenvalue weighted by Crippen LogP contribution is -2.28. The molecule has 3 aromatic rings. The maximum atomic E-state index is 10.6. The van der Waals surface area contributed by atoms with Gasteiger partial charge in [0.1, 0.15) is 23.9 Å². The monoisotopic (exact) mass is 388 g/mol. The minimum atomic E-state index is -0.881. The molecule has 4 rings (SSSR count). The lowest BCUT2D eigenvalue weighted by Gasteiger charge is -2.19. The maximum Gasteiger partial charge on any atom is 0.146 e. The fourth-order valence-corrected chi connectivity index (χ4v) is 4.23. The number of halogens is 1. The molecule has 0 radical (unpaired) electrons. The number of aromatic nitrogens is 3. The standard InChI is InChI=1S/C17H17BrN4O2/c18-11-7-22(17-13(11)16(19)20-8-21-17)12-6-10(14(23)15(12)24)9-4-2-1-3-5-9/h1-5,7-8,10,12,14-15,23-24H,6H2,(H2,19,20,21)/t10-,12-,14-,15+/m1/s1. The van der Waals surface area contributed by atoms with E-state index in [4.69, 9.17) is 5.73 Å². The number of hydrogen-bond donors (Lipinski definition) is 3. The number of aliphatic hydroxyl groups excluding tert-OH is 2. The highest BCUT2D eigenvalue weighted by atomic mass is 79.9. The number of hydrogen-bond acceptors (Lipinski definition) is 5. The molecule has 1 aliphatic rings. The Kier molecular flexibility index (Phi) is 3.79. The minimum Gasteiger partial charge on any atom is -0.390 e. The number of anilines is 1. The van der Waals surface area contributed by atoms with Crippen LogP contribution in [0.5, 0.6) is 0 Å². The first kappa shape index (κ1) is 15.6. The van der Waals surface area contributed by atoms with Gasteiger partial charge >= 0.3 is 0 Å². The van der Waals surface area contributed by atoms with Crippen LogP contribution in [0.3, 0.4) is 0 Å². The first-order valence-corrected chi connectivity index (χ1v) is 8.55. The summed E-state index contributed by atoms with van der Waals surface area (Å²) in [7, 11) is 0. The van der Waals surface area contributed by atoms with Crippen LogP contribution in [0.15, 0.2) is 47.3 Å². The molecule has 2 heterocycles. The molecule has 0 unspecified atom stereocenters. The zero-order valence-electron chi connectivity index (χ0n) is 12.7. The predicted molar refractivity (Wildman–Crippen MR) is 94.5 cm³/mol. The van der Waals surface area contributed by atoms with Gasteiger partial charge in [-0.3, -0.25) is 0 Å². The van der Waals surface area contributed by atoms with Crippen molar-refractivity contribution < 1.29 is 10.2 Å². The molecule has 0 bridgehead atoms. The van der Waals surface area contributed by atoms with E-state index < -0.39 is 12.2 Å². The molecule has 1 saturated carbocycles. The first-order chi connectivity index (χ1) is 11.6. The van der Waals surface area contributed by atoms with Crippen LogP contribution < -0.4 is 5.73 Å². The molecule has 1 fully saturated rings. The van der Waals surface area contributed by atoms with Crippen molar-refractivity contribution in [2.75, 3.05) is 5.73 Å². The molecule has 1 aliphatic carbocycles. The van der Waals surface area contributed by atoms with E-state index in [2.05, 4.69) is 25.9 Å². The molecule has 0 aliphatic heterocycles. The molecule has 24 heavy (non-hydrogen) atoms. The largest absolute Gasteiger partial charge is 0.390 e. The van der Waals surface area contributed by atoms with E-state index in [1.165, 1.54) is 6.33 Å². The van der Waals surface area contributed by atoms with Gasteiger partial charge in [-0.25, -0.2) is 9.97 Å². The van der Waals surface area contributed by atoms with Crippen LogP contribution >= 0.6 is 15.9 Å². The van der Waals surface area contributed by atoms with E-state index in [9.17, 15) is 10.2 Å². The van der Waals surface area contributed by atoms with Crippen LogP contribution in [0, 0.1) is 0 Å². The fraction of sp³-hybridized carbons (Fsp3) is 0.294. The smallest absolute Gasteiger partial charge is 0.146 e. The summed E-state index contributed by atoms with van der Waals surface area (Å²) in [6.07, 6.45) is 2.17. The predicted octanol–water partition coefficient (Wildman–Crippen LogP) is 2.23. The normalized spacial score (nSPS) is 27.0. The van der Waals surface area contributed by atoms with Crippen LogP contribution in [-0.2, 0) is 0 Å². The molecule has 6 nitrogen and oxygen atoms in total. The van der Waals surface area contributed by atoms with Gasteiger partial charge < -0.3 is 20.5 Å². The first-order valence-electron chi connectivity index (χ1n) is 7.75. The molecule has 0 amide bonds. The Morgan fingerprint density at radius 1 is 1.12 bits per heavy atom. The van der Waals surface area contributed by atoms with E-state index in [1.54, 1.807) is 0 Å². The van der Waals surface area contributed by atoms with Crippen molar-refractivity contribution in [3.05, 3.63) is 52.9 Å². The number of rotatable bonds is 2. The van der Waals surface area contributed by atoms with Crippen LogP contribution in [0.2, 0.25) is 0 Å². The Labute approximate surface area is 147 Å². The highest BCUT2D eigenvalue weighted by molar-refractivity contribution is 9.10. The van der Waals surface area contributed by atoms with Crippen LogP contribution in [0.4, 0.5) is 5.82 Å². The summed E-state index contributed by atoms with van der Waals surface area (Å²) in [5.74, 6) is 0.264. The average Bonchev–Trinajstić information content (AvgIpc) is 3.07. The molecule has 7 heteroatoms. The fourth-order valence-electron chi connectivity index (χ4n) is 3.63. The molecular formula is C17H17BrN4O2.